The van der Waals surface area contributed by atoms with E-state index in [1.165, 1.54) is 0 Å². The van der Waals surface area contributed by atoms with Crippen LogP contribution in [-0.4, -0.2) is 48.4 Å². The van der Waals surface area contributed by atoms with Crippen LogP contribution in [0.15, 0.2) is 0 Å². The topological polar surface area (TPSA) is 61.4 Å². The van der Waals surface area contributed by atoms with Gasteiger partial charge in [0.1, 0.15) is 6.04 Å². The molecule has 2 amide bonds. The van der Waals surface area contributed by atoms with Crippen molar-refractivity contribution >= 4 is 11.8 Å². The second-order valence-electron chi connectivity index (χ2n) is 4.98. The van der Waals surface area contributed by atoms with Crippen molar-refractivity contribution < 1.29 is 9.59 Å². The van der Waals surface area contributed by atoms with Crippen LogP contribution in [0.5, 0.6) is 0 Å². The second-order valence-corrected chi connectivity index (χ2v) is 4.98. The standard InChI is InChI=1S/C12H21N3O2/c1-8(13-2)12(17)15-7-3-4-10(15)11(16)14-9-5-6-9/h8-10,13H,3-7H2,1-2H3,(H,14,16). The predicted octanol–water partition coefficient (Wildman–Crippen LogP) is -0.136. The highest BCUT2D eigenvalue weighted by Crippen LogP contribution is 2.22. The first kappa shape index (κ1) is 12.4. The van der Waals surface area contributed by atoms with Crippen LogP contribution in [0.4, 0.5) is 0 Å². The third-order valence-electron chi connectivity index (χ3n) is 3.57. The first-order valence-corrected chi connectivity index (χ1v) is 6.41. The number of nitrogens with zero attached hydrogens (tertiary/aromatic N) is 1. The van der Waals surface area contributed by atoms with Gasteiger partial charge in [0, 0.05) is 12.6 Å². The molecule has 2 aliphatic rings. The van der Waals surface area contributed by atoms with Crippen molar-refractivity contribution in [2.45, 2.75) is 50.7 Å². The van der Waals surface area contributed by atoms with Gasteiger partial charge >= 0.3 is 0 Å². The van der Waals surface area contributed by atoms with Gasteiger partial charge in [-0.2, -0.15) is 0 Å². The maximum absolute atomic E-state index is 12.1. The molecule has 5 nitrogen and oxygen atoms in total. The highest BCUT2D eigenvalue weighted by atomic mass is 16.2. The van der Waals surface area contributed by atoms with Crippen molar-refractivity contribution in [3.63, 3.8) is 0 Å². The summed E-state index contributed by atoms with van der Waals surface area (Å²) in [6, 6.07) is -0.106. The molecule has 96 valence electrons. The molecule has 2 rings (SSSR count). The van der Waals surface area contributed by atoms with E-state index in [4.69, 9.17) is 0 Å². The van der Waals surface area contributed by atoms with Gasteiger partial charge in [0.15, 0.2) is 0 Å². The second kappa shape index (κ2) is 5.04. The molecule has 17 heavy (non-hydrogen) atoms. The van der Waals surface area contributed by atoms with Crippen molar-refractivity contribution in [3.05, 3.63) is 0 Å². The minimum Gasteiger partial charge on any atom is -0.352 e. The summed E-state index contributed by atoms with van der Waals surface area (Å²) >= 11 is 0. The molecule has 1 aliphatic carbocycles. The molecule has 2 N–H and O–H groups in total. The van der Waals surface area contributed by atoms with E-state index < -0.39 is 0 Å². The van der Waals surface area contributed by atoms with Crippen LogP contribution in [-0.2, 0) is 9.59 Å². The summed E-state index contributed by atoms with van der Waals surface area (Å²) in [5.41, 5.74) is 0. The fourth-order valence-electron chi connectivity index (χ4n) is 2.20. The van der Waals surface area contributed by atoms with Gasteiger partial charge in [-0.1, -0.05) is 0 Å². The molecule has 0 aromatic rings. The number of likely N-dealkylation sites (N-methyl/N-ethyl adjacent to an activating group) is 1. The Balaban J connectivity index is 1.95. The van der Waals surface area contributed by atoms with Crippen molar-refractivity contribution in [1.29, 1.82) is 0 Å². The number of amides is 2. The zero-order chi connectivity index (χ0) is 12.4. The number of carbonyl (C=O) groups excluding carboxylic acids is 2. The largest absolute Gasteiger partial charge is 0.352 e. The Bertz CT molecular complexity index is 315. The number of nitrogens with one attached hydrogen (secondary N) is 2. The van der Waals surface area contributed by atoms with Crippen LogP contribution < -0.4 is 10.6 Å². The lowest BCUT2D eigenvalue weighted by molar-refractivity contribution is -0.139. The van der Waals surface area contributed by atoms with Gasteiger partial charge in [0.2, 0.25) is 11.8 Å². The molecule has 2 atom stereocenters. The molecular weight excluding hydrogens is 218 g/mol. The summed E-state index contributed by atoms with van der Waals surface area (Å²) in [7, 11) is 1.76. The van der Waals surface area contributed by atoms with E-state index in [1.807, 2.05) is 6.92 Å². The van der Waals surface area contributed by atoms with Gasteiger partial charge in [-0.3, -0.25) is 9.59 Å². The lowest BCUT2D eigenvalue weighted by Gasteiger charge is -2.26. The van der Waals surface area contributed by atoms with Crippen LogP contribution in [0, 0.1) is 0 Å². The number of rotatable bonds is 4. The predicted molar refractivity (Wildman–Crippen MR) is 64.4 cm³/mol. The third kappa shape index (κ3) is 2.77. The smallest absolute Gasteiger partial charge is 0.243 e. The molecule has 0 aromatic carbocycles. The highest BCUT2D eigenvalue weighted by Gasteiger charge is 2.37. The molecule has 1 heterocycles. The van der Waals surface area contributed by atoms with E-state index in [2.05, 4.69) is 10.6 Å². The molecule has 0 radical (unpaired) electrons. The zero-order valence-corrected chi connectivity index (χ0v) is 10.5. The zero-order valence-electron chi connectivity index (χ0n) is 10.5. The summed E-state index contributed by atoms with van der Waals surface area (Å²) in [6.07, 6.45) is 3.88. The molecule has 0 aromatic heterocycles. The van der Waals surface area contributed by atoms with E-state index in [0.717, 1.165) is 25.7 Å². The molecule has 1 saturated heterocycles. The third-order valence-corrected chi connectivity index (χ3v) is 3.57. The summed E-state index contributed by atoms with van der Waals surface area (Å²) in [6.45, 7) is 2.53. The quantitative estimate of drug-likeness (QED) is 0.718. The van der Waals surface area contributed by atoms with Crippen molar-refractivity contribution in [2.75, 3.05) is 13.6 Å². The van der Waals surface area contributed by atoms with Gasteiger partial charge in [-0.05, 0) is 39.7 Å². The minimum absolute atomic E-state index is 0.0287. The van der Waals surface area contributed by atoms with Crippen molar-refractivity contribution in [3.8, 4) is 0 Å². The summed E-state index contributed by atoms with van der Waals surface area (Å²) in [5.74, 6) is 0.0580. The van der Waals surface area contributed by atoms with Crippen molar-refractivity contribution in [1.82, 2.24) is 15.5 Å². The monoisotopic (exact) mass is 239 g/mol. The highest BCUT2D eigenvalue weighted by molar-refractivity contribution is 5.90. The van der Waals surface area contributed by atoms with E-state index in [9.17, 15) is 9.59 Å². The number of hydrogen-bond acceptors (Lipinski definition) is 3. The first-order valence-electron chi connectivity index (χ1n) is 6.41. The minimum atomic E-state index is -0.251. The van der Waals surface area contributed by atoms with E-state index in [1.54, 1.807) is 11.9 Å². The molecule has 0 spiro atoms. The lowest BCUT2D eigenvalue weighted by Crippen LogP contribution is -2.51. The number of carbonyl (C=O) groups is 2. The maximum Gasteiger partial charge on any atom is 0.243 e. The Hall–Kier alpha value is -1.10. The Morgan fingerprint density at radius 3 is 2.59 bits per heavy atom. The Labute approximate surface area is 102 Å². The molecule has 2 fully saturated rings. The summed E-state index contributed by atoms with van der Waals surface area (Å²) in [5, 5.41) is 5.92. The van der Waals surface area contributed by atoms with Gasteiger partial charge < -0.3 is 15.5 Å². The average molecular weight is 239 g/mol. The summed E-state index contributed by atoms with van der Waals surface area (Å²) in [4.78, 5) is 25.8. The normalized spacial score (nSPS) is 25.8. The van der Waals surface area contributed by atoms with E-state index in [0.29, 0.717) is 12.6 Å². The van der Waals surface area contributed by atoms with E-state index >= 15 is 0 Å². The molecule has 1 aliphatic heterocycles. The fraction of sp³-hybridized carbons (Fsp3) is 0.833. The van der Waals surface area contributed by atoms with Crippen LogP contribution in [0.25, 0.3) is 0 Å². The first-order chi connectivity index (χ1) is 8.13. The molecule has 0 bridgehead atoms. The molecule has 5 heteroatoms. The van der Waals surface area contributed by atoms with Gasteiger partial charge in [0.25, 0.3) is 0 Å². The van der Waals surface area contributed by atoms with Crippen LogP contribution in [0.1, 0.15) is 32.6 Å². The van der Waals surface area contributed by atoms with Gasteiger partial charge in [-0.25, -0.2) is 0 Å². The van der Waals surface area contributed by atoms with Crippen molar-refractivity contribution in [2.24, 2.45) is 0 Å². The number of hydrogen-bond donors (Lipinski definition) is 2. The molecule has 1 saturated carbocycles. The number of likely N-dealkylation sites (tertiary alicyclic amines) is 1. The molecule has 2 unspecified atom stereocenters. The van der Waals surface area contributed by atoms with Crippen LogP contribution >= 0.6 is 0 Å². The maximum atomic E-state index is 12.1. The fourth-order valence-corrected chi connectivity index (χ4v) is 2.20. The summed E-state index contributed by atoms with van der Waals surface area (Å²) < 4.78 is 0. The van der Waals surface area contributed by atoms with Crippen LogP contribution in [0.2, 0.25) is 0 Å². The Morgan fingerprint density at radius 1 is 1.29 bits per heavy atom. The van der Waals surface area contributed by atoms with Gasteiger partial charge in [0.05, 0.1) is 6.04 Å². The lowest BCUT2D eigenvalue weighted by atomic mass is 10.2. The molecular formula is C12H21N3O2. The Morgan fingerprint density at radius 2 is 2.00 bits per heavy atom. The van der Waals surface area contributed by atoms with Crippen LogP contribution in [0.3, 0.4) is 0 Å². The Kier molecular flexibility index (Phi) is 3.66. The van der Waals surface area contributed by atoms with E-state index in [-0.39, 0.29) is 23.9 Å². The van der Waals surface area contributed by atoms with Gasteiger partial charge in [-0.15, -0.1) is 0 Å². The SMILES string of the molecule is CNC(C)C(=O)N1CCCC1C(=O)NC1CC1. The average Bonchev–Trinajstić information content (AvgIpc) is 2.99.